The summed E-state index contributed by atoms with van der Waals surface area (Å²) in [6, 6.07) is 6.25. The Morgan fingerprint density at radius 3 is 2.65 bits per heavy atom. The van der Waals surface area contributed by atoms with Crippen molar-refractivity contribution < 1.29 is 13.2 Å². The Labute approximate surface area is 120 Å². The van der Waals surface area contributed by atoms with Gasteiger partial charge in [-0.05, 0) is 37.5 Å². The maximum Gasteiger partial charge on any atom is 0.251 e. The fraction of sp³-hybridized carbons (Fsp3) is 0.500. The standard InChI is InChI=1S/C14H20N2O3S/c1-2-8-15-14(17)12-6-5-7-13(11-12)20(18,19)16-9-3-4-10-16/h5-7,11H,2-4,8-10H2,1H3,(H,15,17). The molecule has 20 heavy (non-hydrogen) atoms. The molecule has 0 aliphatic carbocycles. The van der Waals surface area contributed by atoms with Crippen molar-refractivity contribution in [2.24, 2.45) is 0 Å². The Balaban J connectivity index is 2.23. The molecule has 1 amide bonds. The fourth-order valence-corrected chi connectivity index (χ4v) is 3.78. The van der Waals surface area contributed by atoms with Gasteiger partial charge in [-0.3, -0.25) is 4.79 Å². The van der Waals surface area contributed by atoms with E-state index in [1.54, 1.807) is 18.2 Å². The second-order valence-electron chi connectivity index (χ2n) is 4.89. The second-order valence-corrected chi connectivity index (χ2v) is 6.83. The van der Waals surface area contributed by atoms with Crippen LogP contribution >= 0.6 is 0 Å². The Kier molecular flexibility index (Phi) is 4.77. The summed E-state index contributed by atoms with van der Waals surface area (Å²) in [5.41, 5.74) is 0.388. The summed E-state index contributed by atoms with van der Waals surface area (Å²) in [4.78, 5) is 12.1. The van der Waals surface area contributed by atoms with Gasteiger partial charge in [0.25, 0.3) is 5.91 Å². The molecule has 2 rings (SSSR count). The molecule has 0 saturated carbocycles. The van der Waals surface area contributed by atoms with Crippen molar-refractivity contribution in [2.75, 3.05) is 19.6 Å². The lowest BCUT2D eigenvalue weighted by molar-refractivity contribution is 0.0953. The van der Waals surface area contributed by atoms with E-state index in [1.165, 1.54) is 10.4 Å². The molecule has 110 valence electrons. The Morgan fingerprint density at radius 1 is 1.30 bits per heavy atom. The average Bonchev–Trinajstić information content (AvgIpc) is 2.99. The van der Waals surface area contributed by atoms with E-state index < -0.39 is 10.0 Å². The first-order valence-corrected chi connectivity index (χ1v) is 8.38. The van der Waals surface area contributed by atoms with Gasteiger partial charge in [0.1, 0.15) is 0 Å². The maximum absolute atomic E-state index is 12.4. The lowest BCUT2D eigenvalue weighted by Crippen LogP contribution is -2.28. The highest BCUT2D eigenvalue weighted by Crippen LogP contribution is 2.21. The number of nitrogens with zero attached hydrogens (tertiary/aromatic N) is 1. The fourth-order valence-electron chi connectivity index (χ4n) is 2.22. The van der Waals surface area contributed by atoms with E-state index in [2.05, 4.69) is 5.32 Å². The molecule has 1 saturated heterocycles. The maximum atomic E-state index is 12.4. The summed E-state index contributed by atoms with van der Waals surface area (Å²) < 4.78 is 26.3. The number of benzene rings is 1. The molecule has 0 aromatic heterocycles. The van der Waals surface area contributed by atoms with Crippen molar-refractivity contribution in [1.29, 1.82) is 0 Å². The first-order valence-electron chi connectivity index (χ1n) is 6.94. The minimum atomic E-state index is -3.46. The van der Waals surface area contributed by atoms with E-state index in [9.17, 15) is 13.2 Å². The van der Waals surface area contributed by atoms with Crippen molar-refractivity contribution >= 4 is 15.9 Å². The number of amides is 1. The zero-order chi connectivity index (χ0) is 14.6. The van der Waals surface area contributed by atoms with E-state index >= 15 is 0 Å². The van der Waals surface area contributed by atoms with Gasteiger partial charge in [0.05, 0.1) is 4.90 Å². The van der Waals surface area contributed by atoms with Crippen LogP contribution in [-0.4, -0.2) is 38.3 Å². The Hall–Kier alpha value is -1.40. The summed E-state index contributed by atoms with van der Waals surface area (Å²) in [5, 5.41) is 2.75. The van der Waals surface area contributed by atoms with Crippen LogP contribution in [0.1, 0.15) is 36.5 Å². The highest BCUT2D eigenvalue weighted by atomic mass is 32.2. The number of nitrogens with one attached hydrogen (secondary N) is 1. The van der Waals surface area contributed by atoms with E-state index in [-0.39, 0.29) is 10.8 Å². The number of carbonyl (C=O) groups excluding carboxylic acids is 1. The zero-order valence-electron chi connectivity index (χ0n) is 11.6. The van der Waals surface area contributed by atoms with Crippen LogP contribution in [0, 0.1) is 0 Å². The summed E-state index contributed by atoms with van der Waals surface area (Å²) in [7, 11) is -3.46. The third-order valence-electron chi connectivity index (χ3n) is 3.33. The lowest BCUT2D eigenvalue weighted by Gasteiger charge is -2.16. The van der Waals surface area contributed by atoms with Gasteiger partial charge >= 0.3 is 0 Å². The van der Waals surface area contributed by atoms with Gasteiger partial charge in [-0.25, -0.2) is 8.42 Å². The first-order chi connectivity index (χ1) is 9.55. The summed E-state index contributed by atoms with van der Waals surface area (Å²) >= 11 is 0. The van der Waals surface area contributed by atoms with Crippen LogP contribution in [0.3, 0.4) is 0 Å². The summed E-state index contributed by atoms with van der Waals surface area (Å²) in [6.07, 6.45) is 2.64. The van der Waals surface area contributed by atoms with Gasteiger partial charge in [0.15, 0.2) is 0 Å². The van der Waals surface area contributed by atoms with Gasteiger partial charge in [-0.1, -0.05) is 13.0 Å². The molecule has 5 nitrogen and oxygen atoms in total. The molecule has 1 N–H and O–H groups in total. The number of hydrogen-bond donors (Lipinski definition) is 1. The van der Waals surface area contributed by atoms with E-state index in [0.29, 0.717) is 25.2 Å². The van der Waals surface area contributed by atoms with Gasteiger partial charge in [0.2, 0.25) is 10.0 Å². The number of hydrogen-bond acceptors (Lipinski definition) is 3. The molecule has 1 heterocycles. The van der Waals surface area contributed by atoms with Crippen LogP contribution in [0.15, 0.2) is 29.2 Å². The number of rotatable bonds is 5. The van der Waals surface area contributed by atoms with Gasteiger partial charge in [-0.15, -0.1) is 0 Å². The highest BCUT2D eigenvalue weighted by molar-refractivity contribution is 7.89. The van der Waals surface area contributed by atoms with Gasteiger partial charge in [-0.2, -0.15) is 4.31 Å². The van der Waals surface area contributed by atoms with Crippen LogP contribution in [0.5, 0.6) is 0 Å². The Bertz CT molecular complexity index is 578. The quantitative estimate of drug-likeness (QED) is 0.897. The molecule has 0 spiro atoms. The van der Waals surface area contributed by atoms with E-state index in [1.807, 2.05) is 6.92 Å². The monoisotopic (exact) mass is 296 g/mol. The van der Waals surface area contributed by atoms with Crippen molar-refractivity contribution in [3.05, 3.63) is 29.8 Å². The van der Waals surface area contributed by atoms with Gasteiger partial charge < -0.3 is 5.32 Å². The molecule has 1 aromatic rings. The molecular weight excluding hydrogens is 276 g/mol. The van der Waals surface area contributed by atoms with Crippen molar-refractivity contribution in [2.45, 2.75) is 31.1 Å². The topological polar surface area (TPSA) is 66.5 Å². The van der Waals surface area contributed by atoms with E-state index in [0.717, 1.165) is 19.3 Å². The molecule has 1 fully saturated rings. The van der Waals surface area contributed by atoms with Crippen LogP contribution in [0.4, 0.5) is 0 Å². The normalized spacial score (nSPS) is 16.2. The molecule has 1 aromatic carbocycles. The van der Waals surface area contributed by atoms with Crippen LogP contribution in [-0.2, 0) is 10.0 Å². The van der Waals surface area contributed by atoms with Crippen LogP contribution in [0.2, 0.25) is 0 Å². The molecule has 0 bridgehead atoms. The Morgan fingerprint density at radius 2 is 2.00 bits per heavy atom. The lowest BCUT2D eigenvalue weighted by atomic mass is 10.2. The first kappa shape index (κ1) is 15.0. The van der Waals surface area contributed by atoms with E-state index in [4.69, 9.17) is 0 Å². The SMILES string of the molecule is CCCNC(=O)c1cccc(S(=O)(=O)N2CCCC2)c1. The summed E-state index contributed by atoms with van der Waals surface area (Å²) in [5.74, 6) is -0.231. The zero-order valence-corrected chi connectivity index (χ0v) is 12.4. The molecular formula is C14H20N2O3S. The largest absolute Gasteiger partial charge is 0.352 e. The predicted octanol–water partition coefficient (Wildman–Crippen LogP) is 1.61. The highest BCUT2D eigenvalue weighted by Gasteiger charge is 2.27. The molecule has 0 unspecified atom stereocenters. The molecule has 1 aliphatic rings. The van der Waals surface area contributed by atoms with Crippen molar-refractivity contribution in [1.82, 2.24) is 9.62 Å². The smallest absolute Gasteiger partial charge is 0.251 e. The van der Waals surface area contributed by atoms with Crippen molar-refractivity contribution in [3.63, 3.8) is 0 Å². The predicted molar refractivity (Wildman–Crippen MR) is 77.1 cm³/mol. The number of carbonyl (C=O) groups is 1. The summed E-state index contributed by atoms with van der Waals surface area (Å²) in [6.45, 7) is 3.68. The van der Waals surface area contributed by atoms with Crippen LogP contribution in [0.25, 0.3) is 0 Å². The van der Waals surface area contributed by atoms with Crippen LogP contribution < -0.4 is 5.32 Å². The molecule has 0 radical (unpaired) electrons. The average molecular weight is 296 g/mol. The third kappa shape index (κ3) is 3.19. The molecule has 1 aliphatic heterocycles. The second kappa shape index (κ2) is 6.37. The number of sulfonamides is 1. The minimum Gasteiger partial charge on any atom is -0.352 e. The molecule has 0 atom stereocenters. The molecule has 6 heteroatoms. The minimum absolute atomic E-state index is 0.198. The third-order valence-corrected chi connectivity index (χ3v) is 5.23. The van der Waals surface area contributed by atoms with Gasteiger partial charge in [0, 0.05) is 25.2 Å². The van der Waals surface area contributed by atoms with Crippen molar-refractivity contribution in [3.8, 4) is 0 Å².